The van der Waals surface area contributed by atoms with Crippen molar-refractivity contribution >= 4 is 7.75 Å². The van der Waals surface area contributed by atoms with Crippen LogP contribution in [0.2, 0.25) is 0 Å². The number of rotatable bonds is 2. The van der Waals surface area contributed by atoms with E-state index >= 15 is 0 Å². The first-order chi connectivity index (χ1) is 8.10. The van der Waals surface area contributed by atoms with Crippen LogP contribution in [0.4, 0.5) is 0 Å². The summed E-state index contributed by atoms with van der Waals surface area (Å²) in [6, 6.07) is 9.99. The fourth-order valence-corrected chi connectivity index (χ4v) is 4.47. The fourth-order valence-electron chi connectivity index (χ4n) is 2.27. The zero-order valence-electron chi connectivity index (χ0n) is 9.83. The maximum atomic E-state index is 12.4. The van der Waals surface area contributed by atoms with Crippen LogP contribution in [0.3, 0.4) is 0 Å². The molecule has 0 unspecified atom stereocenters. The summed E-state index contributed by atoms with van der Waals surface area (Å²) < 4.78 is 25.1. The molecule has 17 heavy (non-hydrogen) atoms. The maximum Gasteiger partial charge on any atom is 0.408 e. The van der Waals surface area contributed by atoms with E-state index in [0.717, 1.165) is 12.1 Å². The topological polar surface area (TPSA) is 38.8 Å². The van der Waals surface area contributed by atoms with Crippen molar-refractivity contribution in [3.05, 3.63) is 35.9 Å². The third-order valence-electron chi connectivity index (χ3n) is 3.27. The average molecular weight is 253 g/mol. The fraction of sp³-hybridized carbons (Fsp3) is 0.500. The average Bonchev–Trinajstić information content (AvgIpc) is 2.33. The molecule has 92 valence electrons. The van der Waals surface area contributed by atoms with E-state index in [2.05, 4.69) is 6.92 Å². The van der Waals surface area contributed by atoms with Crippen molar-refractivity contribution in [1.29, 1.82) is 0 Å². The molecule has 1 aromatic rings. The van der Waals surface area contributed by atoms with Crippen molar-refractivity contribution in [3.8, 4) is 0 Å². The van der Waals surface area contributed by atoms with Crippen LogP contribution in [-0.4, -0.2) is 24.4 Å². The third-order valence-corrected chi connectivity index (χ3v) is 5.16. The van der Waals surface area contributed by atoms with E-state index in [-0.39, 0.29) is 5.41 Å². The van der Waals surface area contributed by atoms with E-state index < -0.39 is 7.75 Å². The zero-order chi connectivity index (χ0) is 11.9. The van der Waals surface area contributed by atoms with Gasteiger partial charge >= 0.3 is 7.75 Å². The van der Waals surface area contributed by atoms with Crippen molar-refractivity contribution in [3.63, 3.8) is 0 Å². The van der Waals surface area contributed by atoms with Gasteiger partial charge in [0.15, 0.2) is 0 Å². The highest BCUT2D eigenvalue weighted by Gasteiger charge is 2.51. The van der Waals surface area contributed by atoms with Crippen LogP contribution in [-0.2, 0) is 20.2 Å². The van der Waals surface area contributed by atoms with Crippen molar-refractivity contribution in [1.82, 2.24) is 4.67 Å². The molecule has 3 fully saturated rings. The molecule has 4 nitrogen and oxygen atoms in total. The van der Waals surface area contributed by atoms with Crippen LogP contribution in [0.5, 0.6) is 0 Å². The van der Waals surface area contributed by atoms with Gasteiger partial charge in [0, 0.05) is 18.5 Å². The minimum atomic E-state index is -3.01. The molecule has 3 aliphatic heterocycles. The number of fused-ring (bicyclic) bond motifs is 3. The highest BCUT2D eigenvalue weighted by atomic mass is 31.2. The Hall–Kier alpha value is -0.670. The Bertz CT molecular complexity index is 450. The van der Waals surface area contributed by atoms with Crippen LogP contribution in [0.25, 0.3) is 0 Å². The summed E-state index contributed by atoms with van der Waals surface area (Å²) in [6.45, 7) is 4.58. The van der Waals surface area contributed by atoms with Gasteiger partial charge in [-0.15, -0.1) is 0 Å². The molecule has 3 heterocycles. The minimum absolute atomic E-state index is 0.0268. The first kappa shape index (κ1) is 11.4. The van der Waals surface area contributed by atoms with Gasteiger partial charge < -0.3 is 0 Å². The summed E-state index contributed by atoms with van der Waals surface area (Å²) >= 11 is 0. The number of benzene rings is 1. The normalized spacial score (nSPS) is 37.2. The molecule has 0 radical (unpaired) electrons. The molecule has 3 saturated heterocycles. The molecule has 0 aromatic heterocycles. The monoisotopic (exact) mass is 253 g/mol. The lowest BCUT2D eigenvalue weighted by Gasteiger charge is -2.48. The highest BCUT2D eigenvalue weighted by Crippen LogP contribution is 2.62. The molecule has 0 spiro atoms. The Morgan fingerprint density at radius 2 is 1.94 bits per heavy atom. The lowest BCUT2D eigenvalue weighted by atomic mass is 9.93. The van der Waals surface area contributed by atoms with E-state index in [1.165, 1.54) is 0 Å². The predicted octanol–water partition coefficient (Wildman–Crippen LogP) is 2.66. The molecule has 3 aliphatic rings. The number of hydrogen-bond donors (Lipinski definition) is 0. The Balaban J connectivity index is 1.82. The van der Waals surface area contributed by atoms with Gasteiger partial charge in [0.1, 0.15) is 0 Å². The molecule has 4 rings (SSSR count). The molecule has 0 N–H and O–H groups in total. The lowest BCUT2D eigenvalue weighted by molar-refractivity contribution is -0.0452. The Labute approximate surface area is 101 Å². The first-order valence-corrected chi connectivity index (χ1v) is 7.28. The van der Waals surface area contributed by atoms with Crippen LogP contribution in [0, 0.1) is 5.41 Å². The largest absolute Gasteiger partial charge is 0.408 e. The Kier molecular flexibility index (Phi) is 2.64. The van der Waals surface area contributed by atoms with E-state index in [1.807, 2.05) is 35.0 Å². The van der Waals surface area contributed by atoms with E-state index in [1.54, 1.807) is 0 Å². The van der Waals surface area contributed by atoms with Crippen molar-refractivity contribution in [2.24, 2.45) is 5.41 Å². The van der Waals surface area contributed by atoms with Crippen molar-refractivity contribution in [2.45, 2.75) is 13.5 Å². The van der Waals surface area contributed by atoms with Crippen LogP contribution in [0.15, 0.2) is 30.3 Å². The predicted molar refractivity (Wildman–Crippen MR) is 64.5 cm³/mol. The molecule has 2 bridgehead atoms. The standard InChI is InChI=1S/C12H16NO3P/c1-12-8-13(7-11-5-3-2-4-6-11)17(14,15-9-12)16-10-12/h2-6H,7-10H2,1H3. The van der Waals surface area contributed by atoms with Gasteiger partial charge in [-0.05, 0) is 5.56 Å². The van der Waals surface area contributed by atoms with Crippen molar-refractivity contribution < 1.29 is 13.6 Å². The third kappa shape index (κ3) is 2.06. The van der Waals surface area contributed by atoms with Crippen molar-refractivity contribution in [2.75, 3.05) is 19.8 Å². The molecule has 0 atom stereocenters. The zero-order valence-corrected chi connectivity index (χ0v) is 10.7. The second-order valence-corrected chi connectivity index (χ2v) is 7.15. The summed E-state index contributed by atoms with van der Waals surface area (Å²) in [5.41, 5.74) is 1.10. The Morgan fingerprint density at radius 1 is 1.29 bits per heavy atom. The summed E-state index contributed by atoms with van der Waals surface area (Å²) in [5.74, 6) is 0. The number of hydrogen-bond acceptors (Lipinski definition) is 3. The second-order valence-electron chi connectivity index (χ2n) is 5.13. The van der Waals surface area contributed by atoms with Gasteiger partial charge in [0.05, 0.1) is 13.2 Å². The smallest absolute Gasteiger partial charge is 0.296 e. The minimum Gasteiger partial charge on any atom is -0.296 e. The quantitative estimate of drug-likeness (QED) is 0.759. The van der Waals surface area contributed by atoms with Gasteiger partial charge in [-0.25, -0.2) is 9.24 Å². The van der Waals surface area contributed by atoms with Gasteiger partial charge in [0.2, 0.25) is 0 Å². The maximum absolute atomic E-state index is 12.4. The van der Waals surface area contributed by atoms with Gasteiger partial charge in [-0.3, -0.25) is 9.05 Å². The van der Waals surface area contributed by atoms with Gasteiger partial charge in [0.25, 0.3) is 0 Å². The van der Waals surface area contributed by atoms with Crippen LogP contribution < -0.4 is 0 Å². The van der Waals surface area contributed by atoms with E-state index in [4.69, 9.17) is 9.05 Å². The second kappa shape index (κ2) is 3.92. The Morgan fingerprint density at radius 3 is 2.59 bits per heavy atom. The van der Waals surface area contributed by atoms with E-state index in [9.17, 15) is 4.57 Å². The summed E-state index contributed by atoms with van der Waals surface area (Å²) in [6.07, 6.45) is 0. The molecule has 0 aliphatic carbocycles. The SMILES string of the molecule is CC12COP(=O)(OC1)N(Cc1ccccc1)C2. The molecule has 5 heteroatoms. The van der Waals surface area contributed by atoms with Gasteiger partial charge in [-0.1, -0.05) is 37.3 Å². The summed E-state index contributed by atoms with van der Waals surface area (Å²) in [5, 5.41) is 0. The molecular weight excluding hydrogens is 237 g/mol. The highest BCUT2D eigenvalue weighted by molar-refractivity contribution is 7.51. The summed E-state index contributed by atoms with van der Waals surface area (Å²) in [7, 11) is -3.01. The molecule has 0 saturated carbocycles. The van der Waals surface area contributed by atoms with Crippen LogP contribution in [0.1, 0.15) is 12.5 Å². The first-order valence-electron chi connectivity index (χ1n) is 5.78. The molecular formula is C12H16NO3P. The lowest BCUT2D eigenvalue weighted by Crippen LogP contribution is -2.50. The number of nitrogens with zero attached hydrogens (tertiary/aromatic N) is 1. The van der Waals surface area contributed by atoms with E-state index in [0.29, 0.717) is 19.8 Å². The molecule has 1 aromatic carbocycles. The summed E-state index contributed by atoms with van der Waals surface area (Å²) in [4.78, 5) is 0. The molecule has 0 amide bonds. The van der Waals surface area contributed by atoms with Gasteiger partial charge in [-0.2, -0.15) is 0 Å². The van der Waals surface area contributed by atoms with Crippen LogP contribution >= 0.6 is 7.75 Å².